The van der Waals surface area contributed by atoms with E-state index in [0.717, 1.165) is 63.7 Å². The number of hydrogen-bond acceptors (Lipinski definition) is 4. The van der Waals surface area contributed by atoms with Gasteiger partial charge in [0.15, 0.2) is 0 Å². The summed E-state index contributed by atoms with van der Waals surface area (Å²) in [5.41, 5.74) is 1.31. The molecule has 4 rings (SSSR count). The zero-order valence-corrected chi connectivity index (χ0v) is 19.3. The van der Waals surface area contributed by atoms with Crippen molar-refractivity contribution in [2.75, 3.05) is 32.7 Å². The largest absolute Gasteiger partial charge is 0.342 e. The Balaban J connectivity index is 0.00000256. The second-order valence-corrected chi connectivity index (χ2v) is 9.61. The topological polar surface area (TPSA) is 48.5 Å². The van der Waals surface area contributed by atoms with E-state index in [4.69, 9.17) is 0 Å². The number of carbonyl (C=O) groups excluding carboxylic acids is 1. The van der Waals surface area contributed by atoms with Crippen molar-refractivity contribution in [3.05, 3.63) is 30.1 Å². The molecule has 3 aliphatic rings. The standard InChI is InChI=1S/C24H38N4O.ClH/c1-2-11-28(17-19-8-9-19)24(29)7-3-6-23-22-12-21(14-26-23)16-27(18-22)15-20-5-4-10-25-13-20;/h4-5,10,13,19,21-23,26H,2-3,6-9,11-12,14-18H2,1H3;1H/t21?,22?,23-;/m1./s1. The van der Waals surface area contributed by atoms with E-state index < -0.39 is 0 Å². The fraction of sp³-hybridized carbons (Fsp3) is 0.750. The molecule has 1 N–H and O–H groups in total. The van der Waals surface area contributed by atoms with E-state index in [1.165, 1.54) is 37.9 Å². The number of nitrogens with zero attached hydrogens (tertiary/aromatic N) is 3. The van der Waals surface area contributed by atoms with Crippen LogP contribution in [-0.2, 0) is 11.3 Å². The Morgan fingerprint density at radius 1 is 1.33 bits per heavy atom. The van der Waals surface area contributed by atoms with Crippen molar-refractivity contribution in [3.8, 4) is 0 Å². The minimum atomic E-state index is 0. The quantitative estimate of drug-likeness (QED) is 0.609. The van der Waals surface area contributed by atoms with Gasteiger partial charge in [-0.05, 0) is 74.5 Å². The average Bonchev–Trinajstić information content (AvgIpc) is 3.54. The minimum Gasteiger partial charge on any atom is -0.342 e. The summed E-state index contributed by atoms with van der Waals surface area (Å²) in [6.45, 7) is 8.61. The van der Waals surface area contributed by atoms with Crippen LogP contribution in [0.5, 0.6) is 0 Å². The van der Waals surface area contributed by atoms with Crippen LogP contribution in [0.2, 0.25) is 0 Å². The van der Waals surface area contributed by atoms with Gasteiger partial charge in [0.1, 0.15) is 0 Å². The van der Waals surface area contributed by atoms with Crippen molar-refractivity contribution >= 4 is 18.3 Å². The van der Waals surface area contributed by atoms with E-state index in [2.05, 4.69) is 33.1 Å². The van der Waals surface area contributed by atoms with E-state index in [1.54, 1.807) is 0 Å². The third kappa shape index (κ3) is 6.66. The number of halogens is 1. The van der Waals surface area contributed by atoms with Gasteiger partial charge in [0, 0.05) is 57.6 Å². The fourth-order valence-corrected chi connectivity index (χ4v) is 5.32. The lowest BCUT2D eigenvalue weighted by atomic mass is 9.79. The highest BCUT2D eigenvalue weighted by Gasteiger charge is 2.36. The molecule has 2 bridgehead atoms. The Hall–Kier alpha value is -1.17. The average molecular weight is 435 g/mol. The number of aromatic nitrogens is 1. The van der Waals surface area contributed by atoms with Crippen LogP contribution >= 0.6 is 12.4 Å². The van der Waals surface area contributed by atoms with E-state index in [0.29, 0.717) is 17.9 Å². The summed E-state index contributed by atoms with van der Waals surface area (Å²) in [6, 6.07) is 4.79. The Bertz CT molecular complexity index is 654. The third-order valence-corrected chi connectivity index (χ3v) is 6.94. The molecule has 1 aromatic rings. The molecule has 6 heteroatoms. The van der Waals surface area contributed by atoms with Crippen molar-refractivity contribution in [2.24, 2.45) is 17.8 Å². The predicted molar refractivity (Wildman–Crippen MR) is 124 cm³/mol. The molecule has 2 unspecified atom stereocenters. The first-order valence-corrected chi connectivity index (χ1v) is 11.8. The van der Waals surface area contributed by atoms with E-state index in [9.17, 15) is 4.79 Å². The summed E-state index contributed by atoms with van der Waals surface area (Å²) in [7, 11) is 0. The van der Waals surface area contributed by atoms with Crippen LogP contribution < -0.4 is 5.32 Å². The normalized spacial score (nSPS) is 26.1. The number of amides is 1. The Kier molecular flexibility index (Phi) is 8.97. The zero-order chi connectivity index (χ0) is 20.1. The number of piperidine rings is 2. The molecular weight excluding hydrogens is 396 g/mol. The second kappa shape index (κ2) is 11.4. The van der Waals surface area contributed by atoms with Crippen molar-refractivity contribution < 1.29 is 4.79 Å². The summed E-state index contributed by atoms with van der Waals surface area (Å²) >= 11 is 0. The SMILES string of the molecule is CCCN(CC1CC1)C(=O)CCC[C@H]1NCC2CC1CN(Cc1cccnc1)C2.Cl. The maximum atomic E-state index is 12.7. The zero-order valence-electron chi connectivity index (χ0n) is 18.5. The van der Waals surface area contributed by atoms with Gasteiger partial charge in [0.2, 0.25) is 5.91 Å². The van der Waals surface area contributed by atoms with Crippen LogP contribution in [0, 0.1) is 17.8 Å². The van der Waals surface area contributed by atoms with Crippen molar-refractivity contribution in [1.82, 2.24) is 20.1 Å². The number of rotatable bonds is 10. The predicted octanol–water partition coefficient (Wildman–Crippen LogP) is 3.73. The summed E-state index contributed by atoms with van der Waals surface area (Å²) in [5.74, 6) is 2.65. The molecule has 5 nitrogen and oxygen atoms in total. The molecule has 30 heavy (non-hydrogen) atoms. The van der Waals surface area contributed by atoms with Gasteiger partial charge in [-0.25, -0.2) is 0 Å². The molecule has 1 aliphatic carbocycles. The molecular formula is C24H39ClN4O. The van der Waals surface area contributed by atoms with E-state index >= 15 is 0 Å². The lowest BCUT2D eigenvalue weighted by Gasteiger charge is -2.46. The van der Waals surface area contributed by atoms with Crippen LogP contribution in [0.3, 0.4) is 0 Å². The smallest absolute Gasteiger partial charge is 0.222 e. The Labute approximate surface area is 188 Å². The lowest BCUT2D eigenvalue weighted by molar-refractivity contribution is -0.131. The van der Waals surface area contributed by atoms with E-state index in [-0.39, 0.29) is 12.4 Å². The molecule has 1 saturated carbocycles. The molecule has 2 aliphatic heterocycles. The molecule has 0 aromatic carbocycles. The highest BCUT2D eigenvalue weighted by atomic mass is 35.5. The van der Waals surface area contributed by atoms with Gasteiger partial charge in [-0.15, -0.1) is 12.4 Å². The summed E-state index contributed by atoms with van der Waals surface area (Å²) in [4.78, 5) is 21.7. The van der Waals surface area contributed by atoms with E-state index in [1.807, 2.05) is 18.5 Å². The number of hydrogen-bond donors (Lipinski definition) is 1. The molecule has 1 amide bonds. The monoisotopic (exact) mass is 434 g/mol. The van der Waals surface area contributed by atoms with Crippen LogP contribution in [-0.4, -0.2) is 59.5 Å². The summed E-state index contributed by atoms with van der Waals surface area (Å²) in [6.07, 6.45) is 11.8. The van der Waals surface area contributed by atoms with Gasteiger partial charge < -0.3 is 10.2 Å². The maximum Gasteiger partial charge on any atom is 0.222 e. The van der Waals surface area contributed by atoms with Crippen molar-refractivity contribution in [3.63, 3.8) is 0 Å². The molecule has 2 saturated heterocycles. The minimum absolute atomic E-state index is 0. The molecule has 168 valence electrons. The number of carbonyl (C=O) groups is 1. The second-order valence-electron chi connectivity index (χ2n) is 9.61. The highest BCUT2D eigenvalue weighted by molar-refractivity contribution is 5.85. The van der Waals surface area contributed by atoms with Gasteiger partial charge in [-0.1, -0.05) is 13.0 Å². The first-order chi connectivity index (χ1) is 14.2. The van der Waals surface area contributed by atoms with Gasteiger partial charge >= 0.3 is 0 Å². The number of pyridine rings is 1. The number of nitrogens with one attached hydrogen (secondary N) is 1. The number of fused-ring (bicyclic) bond motifs is 2. The molecule has 3 heterocycles. The third-order valence-electron chi connectivity index (χ3n) is 6.94. The first-order valence-electron chi connectivity index (χ1n) is 11.8. The Morgan fingerprint density at radius 3 is 2.93 bits per heavy atom. The maximum absolute atomic E-state index is 12.7. The van der Waals surface area contributed by atoms with Crippen LogP contribution in [0.4, 0.5) is 0 Å². The van der Waals surface area contributed by atoms with Gasteiger partial charge in [-0.2, -0.15) is 0 Å². The van der Waals surface area contributed by atoms with Crippen LogP contribution in [0.25, 0.3) is 0 Å². The van der Waals surface area contributed by atoms with Crippen LogP contribution in [0.1, 0.15) is 57.4 Å². The summed E-state index contributed by atoms with van der Waals surface area (Å²) < 4.78 is 0. The molecule has 3 fully saturated rings. The first kappa shape index (κ1) is 23.5. The molecule has 3 atom stereocenters. The van der Waals surface area contributed by atoms with Crippen molar-refractivity contribution in [1.29, 1.82) is 0 Å². The Morgan fingerprint density at radius 2 is 2.20 bits per heavy atom. The number of likely N-dealkylation sites (tertiary alicyclic amines) is 1. The van der Waals surface area contributed by atoms with Crippen LogP contribution in [0.15, 0.2) is 24.5 Å². The highest BCUT2D eigenvalue weighted by Crippen LogP contribution is 2.32. The molecule has 0 radical (unpaired) electrons. The lowest BCUT2D eigenvalue weighted by Crippen LogP contribution is -2.55. The van der Waals surface area contributed by atoms with Gasteiger partial charge in [-0.3, -0.25) is 14.7 Å². The fourth-order valence-electron chi connectivity index (χ4n) is 5.32. The summed E-state index contributed by atoms with van der Waals surface area (Å²) in [5, 5.41) is 3.81. The van der Waals surface area contributed by atoms with Gasteiger partial charge in [0.25, 0.3) is 0 Å². The van der Waals surface area contributed by atoms with Crippen molar-refractivity contribution in [2.45, 2.75) is 64.5 Å². The molecule has 0 spiro atoms. The molecule has 1 aromatic heterocycles. The van der Waals surface area contributed by atoms with Gasteiger partial charge in [0.05, 0.1) is 0 Å².